The Bertz CT molecular complexity index is 610. The Hall–Kier alpha value is -2.00. The van der Waals surface area contributed by atoms with Crippen LogP contribution in [0.25, 0.3) is 0 Å². The van der Waals surface area contributed by atoms with Crippen molar-refractivity contribution >= 4 is 0 Å². The zero-order chi connectivity index (χ0) is 14.1. The SMILES string of the molecule is CN[C@H]1Cc2cc(O)c(O)cc2[C@H](c2ccccc2)C1. The molecule has 3 N–H and O–H groups in total. The number of hydrogen-bond donors (Lipinski definition) is 3. The van der Waals surface area contributed by atoms with E-state index in [1.54, 1.807) is 12.1 Å². The number of nitrogens with one attached hydrogen (secondary N) is 1. The summed E-state index contributed by atoms with van der Waals surface area (Å²) in [5.41, 5.74) is 3.48. The number of benzene rings is 2. The summed E-state index contributed by atoms with van der Waals surface area (Å²) in [4.78, 5) is 0. The third-order valence-corrected chi connectivity index (χ3v) is 4.21. The van der Waals surface area contributed by atoms with E-state index in [1.165, 1.54) is 5.56 Å². The molecule has 0 radical (unpaired) electrons. The van der Waals surface area contributed by atoms with E-state index in [-0.39, 0.29) is 17.4 Å². The van der Waals surface area contributed by atoms with Crippen LogP contribution in [-0.4, -0.2) is 23.3 Å². The number of phenolic OH excluding ortho intramolecular Hbond substituents is 2. The van der Waals surface area contributed by atoms with E-state index >= 15 is 0 Å². The predicted octanol–water partition coefficient (Wildman–Crippen LogP) is 2.76. The average molecular weight is 269 g/mol. The standard InChI is InChI=1S/C17H19NO2/c1-18-13-7-12-8-16(19)17(20)10-15(12)14(9-13)11-5-3-2-4-6-11/h2-6,8,10,13-14,18-20H,7,9H2,1H3/t13-,14-/m0/s1. The maximum atomic E-state index is 9.80. The minimum Gasteiger partial charge on any atom is -0.504 e. The summed E-state index contributed by atoms with van der Waals surface area (Å²) >= 11 is 0. The van der Waals surface area contributed by atoms with Crippen molar-refractivity contribution in [2.24, 2.45) is 0 Å². The summed E-state index contributed by atoms with van der Waals surface area (Å²) in [6, 6.07) is 14.1. The van der Waals surface area contributed by atoms with Gasteiger partial charge in [0.2, 0.25) is 0 Å². The second kappa shape index (κ2) is 5.17. The van der Waals surface area contributed by atoms with E-state index < -0.39 is 0 Å². The summed E-state index contributed by atoms with van der Waals surface area (Å²) < 4.78 is 0. The summed E-state index contributed by atoms with van der Waals surface area (Å²) in [6.07, 6.45) is 1.88. The molecule has 3 rings (SSSR count). The second-order valence-electron chi connectivity index (χ2n) is 5.43. The molecule has 2 atom stereocenters. The molecule has 0 saturated heterocycles. The molecule has 0 aliphatic heterocycles. The Labute approximate surface area is 118 Å². The predicted molar refractivity (Wildman–Crippen MR) is 79.2 cm³/mol. The van der Waals surface area contributed by atoms with Gasteiger partial charge in [-0.05, 0) is 48.7 Å². The van der Waals surface area contributed by atoms with Crippen LogP contribution in [-0.2, 0) is 6.42 Å². The molecule has 2 aromatic rings. The fourth-order valence-corrected chi connectivity index (χ4v) is 3.12. The first kappa shape index (κ1) is 13.0. The van der Waals surface area contributed by atoms with E-state index in [0.717, 1.165) is 24.0 Å². The Morgan fingerprint density at radius 2 is 1.75 bits per heavy atom. The molecule has 2 aromatic carbocycles. The lowest BCUT2D eigenvalue weighted by atomic mass is 9.76. The zero-order valence-corrected chi connectivity index (χ0v) is 11.5. The van der Waals surface area contributed by atoms with Crippen molar-refractivity contribution in [2.45, 2.75) is 24.8 Å². The molecule has 0 aromatic heterocycles. The summed E-state index contributed by atoms with van der Waals surface area (Å²) in [5.74, 6) is 0.184. The molecule has 0 heterocycles. The first-order valence-electron chi connectivity index (χ1n) is 6.96. The van der Waals surface area contributed by atoms with Crippen molar-refractivity contribution in [3.05, 3.63) is 59.2 Å². The molecule has 20 heavy (non-hydrogen) atoms. The molecule has 0 saturated carbocycles. The molecule has 3 heteroatoms. The van der Waals surface area contributed by atoms with Gasteiger partial charge in [0.1, 0.15) is 0 Å². The molecule has 0 spiro atoms. The van der Waals surface area contributed by atoms with Gasteiger partial charge < -0.3 is 15.5 Å². The Kier molecular flexibility index (Phi) is 3.36. The maximum Gasteiger partial charge on any atom is 0.157 e. The van der Waals surface area contributed by atoms with Gasteiger partial charge in [0, 0.05) is 12.0 Å². The van der Waals surface area contributed by atoms with E-state index in [1.807, 2.05) is 25.2 Å². The summed E-state index contributed by atoms with van der Waals surface area (Å²) in [7, 11) is 1.97. The minimum atomic E-state index is -0.0349. The van der Waals surface area contributed by atoms with Gasteiger partial charge in [0.15, 0.2) is 11.5 Å². The number of hydrogen-bond acceptors (Lipinski definition) is 3. The molecule has 0 amide bonds. The lowest BCUT2D eigenvalue weighted by Gasteiger charge is -2.32. The maximum absolute atomic E-state index is 9.80. The van der Waals surface area contributed by atoms with Crippen LogP contribution in [0.2, 0.25) is 0 Å². The lowest BCUT2D eigenvalue weighted by molar-refractivity contribution is 0.397. The van der Waals surface area contributed by atoms with Crippen LogP contribution >= 0.6 is 0 Å². The van der Waals surface area contributed by atoms with Crippen molar-refractivity contribution in [1.29, 1.82) is 0 Å². The molecule has 3 nitrogen and oxygen atoms in total. The van der Waals surface area contributed by atoms with Crippen LogP contribution in [0.3, 0.4) is 0 Å². The topological polar surface area (TPSA) is 52.5 Å². The number of rotatable bonds is 2. The van der Waals surface area contributed by atoms with E-state index in [4.69, 9.17) is 0 Å². The number of aromatic hydroxyl groups is 2. The van der Waals surface area contributed by atoms with Crippen LogP contribution in [0.1, 0.15) is 29.0 Å². The van der Waals surface area contributed by atoms with Crippen LogP contribution in [0, 0.1) is 0 Å². The van der Waals surface area contributed by atoms with Crippen molar-refractivity contribution < 1.29 is 10.2 Å². The van der Waals surface area contributed by atoms with Gasteiger partial charge in [-0.15, -0.1) is 0 Å². The van der Waals surface area contributed by atoms with E-state index in [2.05, 4.69) is 17.4 Å². The molecular formula is C17H19NO2. The fraction of sp³-hybridized carbons (Fsp3) is 0.294. The normalized spacial score (nSPS) is 21.4. The lowest BCUT2D eigenvalue weighted by Crippen LogP contribution is -2.33. The largest absolute Gasteiger partial charge is 0.504 e. The molecule has 0 fully saturated rings. The Balaban J connectivity index is 2.10. The number of fused-ring (bicyclic) bond motifs is 1. The van der Waals surface area contributed by atoms with Gasteiger partial charge in [0.25, 0.3) is 0 Å². The third kappa shape index (κ3) is 2.25. The van der Waals surface area contributed by atoms with E-state index in [9.17, 15) is 10.2 Å². The summed E-state index contributed by atoms with van der Waals surface area (Å²) in [6.45, 7) is 0. The van der Waals surface area contributed by atoms with Crippen LogP contribution in [0.4, 0.5) is 0 Å². The van der Waals surface area contributed by atoms with Gasteiger partial charge in [0.05, 0.1) is 0 Å². The highest BCUT2D eigenvalue weighted by molar-refractivity contribution is 5.50. The second-order valence-corrected chi connectivity index (χ2v) is 5.43. The Morgan fingerprint density at radius 3 is 2.45 bits per heavy atom. The van der Waals surface area contributed by atoms with Crippen molar-refractivity contribution in [2.75, 3.05) is 7.05 Å². The third-order valence-electron chi connectivity index (χ3n) is 4.21. The number of likely N-dealkylation sites (N-methyl/N-ethyl adjacent to an activating group) is 1. The highest BCUT2D eigenvalue weighted by Crippen LogP contribution is 2.41. The van der Waals surface area contributed by atoms with Crippen LogP contribution < -0.4 is 5.32 Å². The highest BCUT2D eigenvalue weighted by Gasteiger charge is 2.28. The smallest absolute Gasteiger partial charge is 0.157 e. The van der Waals surface area contributed by atoms with Gasteiger partial charge >= 0.3 is 0 Å². The molecular weight excluding hydrogens is 250 g/mol. The van der Waals surface area contributed by atoms with Crippen molar-refractivity contribution in [3.63, 3.8) is 0 Å². The minimum absolute atomic E-state index is 0.0346. The highest BCUT2D eigenvalue weighted by atomic mass is 16.3. The Morgan fingerprint density at radius 1 is 1.05 bits per heavy atom. The van der Waals surface area contributed by atoms with Crippen LogP contribution in [0.5, 0.6) is 11.5 Å². The van der Waals surface area contributed by atoms with Crippen molar-refractivity contribution in [1.82, 2.24) is 5.32 Å². The van der Waals surface area contributed by atoms with Gasteiger partial charge in [-0.1, -0.05) is 30.3 Å². The number of phenols is 2. The van der Waals surface area contributed by atoms with Crippen LogP contribution in [0.15, 0.2) is 42.5 Å². The summed E-state index contributed by atoms with van der Waals surface area (Å²) in [5, 5.41) is 22.9. The molecule has 1 aliphatic carbocycles. The van der Waals surface area contributed by atoms with Gasteiger partial charge in [-0.25, -0.2) is 0 Å². The molecule has 0 bridgehead atoms. The zero-order valence-electron chi connectivity index (χ0n) is 11.5. The fourth-order valence-electron chi connectivity index (χ4n) is 3.12. The first-order valence-corrected chi connectivity index (χ1v) is 6.96. The quantitative estimate of drug-likeness (QED) is 0.735. The molecule has 1 aliphatic rings. The van der Waals surface area contributed by atoms with E-state index in [0.29, 0.717) is 6.04 Å². The first-order chi connectivity index (χ1) is 9.69. The molecule has 0 unspecified atom stereocenters. The van der Waals surface area contributed by atoms with Crippen molar-refractivity contribution in [3.8, 4) is 11.5 Å². The van der Waals surface area contributed by atoms with Gasteiger partial charge in [-0.3, -0.25) is 0 Å². The van der Waals surface area contributed by atoms with Gasteiger partial charge in [-0.2, -0.15) is 0 Å². The monoisotopic (exact) mass is 269 g/mol. The molecule has 104 valence electrons. The average Bonchev–Trinajstić information content (AvgIpc) is 2.48.